The Morgan fingerprint density at radius 2 is 2.07 bits per heavy atom. The second kappa shape index (κ2) is 3.04. The van der Waals surface area contributed by atoms with Gasteiger partial charge in [0.1, 0.15) is 5.69 Å². The van der Waals surface area contributed by atoms with Crippen LogP contribution in [0.25, 0.3) is 10.9 Å². The van der Waals surface area contributed by atoms with E-state index in [1.54, 1.807) is 0 Å². The molecule has 1 aromatic carbocycles. The summed E-state index contributed by atoms with van der Waals surface area (Å²) in [5.41, 5.74) is 5.70. The third-order valence-corrected chi connectivity index (χ3v) is 1.84. The second-order valence-electron chi connectivity index (χ2n) is 2.86. The number of nitrogens with one attached hydrogen (secondary N) is 1. The summed E-state index contributed by atoms with van der Waals surface area (Å²) in [6.45, 7) is 0. The molecule has 0 fully saturated rings. The number of nitrogens with two attached hydrogens (primary N) is 1. The molecule has 0 radical (unpaired) electrons. The van der Waals surface area contributed by atoms with Gasteiger partial charge in [-0.05, 0) is 12.1 Å². The number of aromatic nitrogens is 2. The molecule has 0 unspecified atom stereocenters. The minimum atomic E-state index is -4.75. The average Bonchev–Trinajstić information content (AvgIpc) is 2.56. The van der Waals surface area contributed by atoms with Gasteiger partial charge in [-0.2, -0.15) is 5.10 Å². The maximum atomic E-state index is 11.9. The summed E-state index contributed by atoms with van der Waals surface area (Å²) < 4.78 is 39.6. The summed E-state index contributed by atoms with van der Waals surface area (Å²) in [6.07, 6.45) is -3.29. The van der Waals surface area contributed by atoms with Gasteiger partial charge in [0.15, 0.2) is 5.75 Å². The molecule has 0 aliphatic rings. The monoisotopic (exact) mass is 217 g/mol. The Morgan fingerprint density at radius 1 is 1.33 bits per heavy atom. The van der Waals surface area contributed by atoms with E-state index in [0.29, 0.717) is 10.9 Å². The lowest BCUT2D eigenvalue weighted by Gasteiger charge is -2.10. The van der Waals surface area contributed by atoms with Gasteiger partial charge in [-0.25, -0.2) is 0 Å². The molecule has 2 aromatic rings. The fourth-order valence-corrected chi connectivity index (χ4v) is 1.23. The Hall–Kier alpha value is -1.92. The van der Waals surface area contributed by atoms with Crippen molar-refractivity contribution in [1.82, 2.24) is 10.2 Å². The van der Waals surface area contributed by atoms with Crippen molar-refractivity contribution in [3.05, 3.63) is 18.3 Å². The Morgan fingerprint density at radius 3 is 2.73 bits per heavy atom. The quantitative estimate of drug-likeness (QED) is 0.718. The van der Waals surface area contributed by atoms with Gasteiger partial charge in [0.2, 0.25) is 0 Å². The Kier molecular flexibility index (Phi) is 1.95. The van der Waals surface area contributed by atoms with Crippen molar-refractivity contribution in [2.24, 2.45) is 0 Å². The normalized spacial score (nSPS) is 11.9. The number of ether oxygens (including phenoxy) is 1. The summed E-state index contributed by atoms with van der Waals surface area (Å²) in [7, 11) is 0. The number of anilines is 1. The zero-order valence-electron chi connectivity index (χ0n) is 7.30. The zero-order valence-corrected chi connectivity index (χ0v) is 7.30. The molecule has 2 rings (SSSR count). The first-order valence-electron chi connectivity index (χ1n) is 3.95. The number of alkyl halides is 3. The molecule has 0 atom stereocenters. The predicted molar refractivity (Wildman–Crippen MR) is 47.2 cm³/mol. The summed E-state index contributed by atoms with van der Waals surface area (Å²) >= 11 is 0. The highest BCUT2D eigenvalue weighted by molar-refractivity contribution is 5.92. The Balaban J connectivity index is 2.48. The number of rotatable bonds is 1. The molecule has 7 heteroatoms. The zero-order chi connectivity index (χ0) is 11.1. The highest BCUT2D eigenvalue weighted by Crippen LogP contribution is 2.32. The standard InChI is InChI=1S/C8H6F3N3O/c9-8(10,11)15-5-2-1-4-3-13-14-7(4)6(5)12/h1-3H,12H2,(H,13,14). The van der Waals surface area contributed by atoms with E-state index in [-0.39, 0.29) is 5.69 Å². The van der Waals surface area contributed by atoms with Crippen LogP contribution >= 0.6 is 0 Å². The van der Waals surface area contributed by atoms with Gasteiger partial charge in [0.05, 0.1) is 11.7 Å². The second-order valence-corrected chi connectivity index (χ2v) is 2.86. The van der Waals surface area contributed by atoms with Crippen molar-refractivity contribution in [2.75, 3.05) is 5.73 Å². The minimum Gasteiger partial charge on any atom is -0.403 e. The smallest absolute Gasteiger partial charge is 0.403 e. The van der Waals surface area contributed by atoms with Crippen LogP contribution in [-0.4, -0.2) is 16.6 Å². The van der Waals surface area contributed by atoms with Crippen LogP contribution < -0.4 is 10.5 Å². The van der Waals surface area contributed by atoms with Crippen LogP contribution in [0, 0.1) is 0 Å². The lowest BCUT2D eigenvalue weighted by Crippen LogP contribution is -2.18. The molecule has 0 saturated carbocycles. The van der Waals surface area contributed by atoms with E-state index in [1.165, 1.54) is 12.3 Å². The lowest BCUT2D eigenvalue weighted by molar-refractivity contribution is -0.274. The van der Waals surface area contributed by atoms with Crippen LogP contribution in [0.4, 0.5) is 18.9 Å². The third-order valence-electron chi connectivity index (χ3n) is 1.84. The molecule has 4 nitrogen and oxygen atoms in total. The highest BCUT2D eigenvalue weighted by Gasteiger charge is 2.32. The van der Waals surface area contributed by atoms with E-state index in [2.05, 4.69) is 14.9 Å². The molecule has 0 aliphatic carbocycles. The molecule has 1 heterocycles. The largest absolute Gasteiger partial charge is 0.573 e. The van der Waals surface area contributed by atoms with Gasteiger partial charge in [-0.3, -0.25) is 5.10 Å². The van der Waals surface area contributed by atoms with Gasteiger partial charge in [-0.1, -0.05) is 0 Å². The molecule has 80 valence electrons. The summed E-state index contributed by atoms with van der Waals surface area (Å²) in [5.74, 6) is -0.431. The number of benzene rings is 1. The van der Waals surface area contributed by atoms with Crippen LogP contribution in [0.5, 0.6) is 5.75 Å². The van der Waals surface area contributed by atoms with E-state index in [9.17, 15) is 13.2 Å². The first-order valence-corrected chi connectivity index (χ1v) is 3.95. The van der Waals surface area contributed by atoms with Crippen LogP contribution in [-0.2, 0) is 0 Å². The SMILES string of the molecule is Nc1c(OC(F)(F)F)ccc2cn[nH]c12. The van der Waals surface area contributed by atoms with Gasteiger partial charge >= 0.3 is 6.36 Å². The maximum absolute atomic E-state index is 11.9. The molecule has 3 N–H and O–H groups in total. The van der Waals surface area contributed by atoms with Crippen LogP contribution in [0.1, 0.15) is 0 Å². The number of fused-ring (bicyclic) bond motifs is 1. The van der Waals surface area contributed by atoms with Crippen molar-refractivity contribution < 1.29 is 17.9 Å². The summed E-state index contributed by atoms with van der Waals surface area (Å²) in [5, 5.41) is 6.78. The van der Waals surface area contributed by atoms with Gasteiger partial charge in [-0.15, -0.1) is 13.2 Å². The molecular formula is C8H6F3N3O. The molecule has 0 amide bonds. The van der Waals surface area contributed by atoms with Crippen molar-refractivity contribution in [3.63, 3.8) is 0 Å². The summed E-state index contributed by atoms with van der Waals surface area (Å²) in [6, 6.07) is 2.59. The van der Waals surface area contributed by atoms with Crippen LogP contribution in [0.15, 0.2) is 18.3 Å². The van der Waals surface area contributed by atoms with Crippen molar-refractivity contribution >= 4 is 16.6 Å². The number of hydrogen-bond donors (Lipinski definition) is 2. The van der Waals surface area contributed by atoms with Gasteiger partial charge in [0.25, 0.3) is 0 Å². The number of H-pyrrole nitrogens is 1. The van der Waals surface area contributed by atoms with E-state index < -0.39 is 12.1 Å². The number of aromatic amines is 1. The number of halogens is 3. The fourth-order valence-electron chi connectivity index (χ4n) is 1.23. The van der Waals surface area contributed by atoms with Gasteiger partial charge < -0.3 is 10.5 Å². The third kappa shape index (κ3) is 1.80. The molecule has 0 bridgehead atoms. The number of nitrogen functional groups attached to an aromatic ring is 1. The minimum absolute atomic E-state index is 0.109. The lowest BCUT2D eigenvalue weighted by atomic mass is 10.2. The van der Waals surface area contributed by atoms with E-state index in [4.69, 9.17) is 5.73 Å². The molecule has 15 heavy (non-hydrogen) atoms. The molecule has 1 aromatic heterocycles. The number of nitrogens with zero attached hydrogens (tertiary/aromatic N) is 1. The average molecular weight is 217 g/mol. The first kappa shape index (κ1) is 9.63. The van der Waals surface area contributed by atoms with Crippen molar-refractivity contribution in [1.29, 1.82) is 0 Å². The number of hydrogen-bond acceptors (Lipinski definition) is 3. The van der Waals surface area contributed by atoms with Crippen molar-refractivity contribution in [3.8, 4) is 5.75 Å². The van der Waals surface area contributed by atoms with Crippen LogP contribution in [0.3, 0.4) is 0 Å². The molecule has 0 spiro atoms. The molecule has 0 saturated heterocycles. The van der Waals surface area contributed by atoms with E-state index >= 15 is 0 Å². The highest BCUT2D eigenvalue weighted by atomic mass is 19.4. The Labute approximate surface area is 81.8 Å². The van der Waals surface area contributed by atoms with Gasteiger partial charge in [0, 0.05) is 5.39 Å². The van der Waals surface area contributed by atoms with Crippen molar-refractivity contribution in [2.45, 2.75) is 6.36 Å². The Bertz CT molecular complexity index is 491. The molecule has 0 aliphatic heterocycles. The topological polar surface area (TPSA) is 63.9 Å². The van der Waals surface area contributed by atoms with Crippen LogP contribution in [0.2, 0.25) is 0 Å². The maximum Gasteiger partial charge on any atom is 0.573 e. The van der Waals surface area contributed by atoms with E-state index in [0.717, 1.165) is 6.07 Å². The first-order chi connectivity index (χ1) is 6.97. The van der Waals surface area contributed by atoms with E-state index in [1.807, 2.05) is 0 Å². The molecular weight excluding hydrogens is 211 g/mol. The predicted octanol–water partition coefficient (Wildman–Crippen LogP) is 2.04. The fraction of sp³-hybridized carbons (Fsp3) is 0.125. The summed E-state index contributed by atoms with van der Waals surface area (Å²) in [4.78, 5) is 0.